The van der Waals surface area contributed by atoms with Crippen LogP contribution >= 0.6 is 0 Å². The second-order valence-corrected chi connectivity index (χ2v) is 13.8. The molecule has 3 aromatic heterocycles. The lowest BCUT2D eigenvalue weighted by atomic mass is 9.82. The van der Waals surface area contributed by atoms with Gasteiger partial charge in [0, 0.05) is 40.9 Å². The molecule has 2 atom stereocenters. The number of hydrogen-bond donors (Lipinski definition) is 0. The smallest absolute Gasteiger partial charge is 0.137 e. The van der Waals surface area contributed by atoms with Crippen LogP contribution in [0.25, 0.3) is 44.4 Å². The fraction of sp³-hybridized carbons (Fsp3) is 0.289. The molecule has 0 aliphatic rings. The van der Waals surface area contributed by atoms with Gasteiger partial charge in [0.1, 0.15) is 17.3 Å². The normalized spacial score (nSPS) is 12.8. The van der Waals surface area contributed by atoms with Crippen LogP contribution in [-0.2, 0) is 6.42 Å². The monoisotopic (exact) mass is 660 g/mol. The molecule has 0 spiro atoms. The Labute approximate surface area is 296 Å². The Kier molecular flexibility index (Phi) is 9.84. The van der Waals surface area contributed by atoms with Crippen molar-refractivity contribution >= 4 is 21.8 Å². The van der Waals surface area contributed by atoms with Crippen LogP contribution in [0.2, 0.25) is 0 Å². The summed E-state index contributed by atoms with van der Waals surface area (Å²) in [4.78, 5) is 4.81. The summed E-state index contributed by atoms with van der Waals surface area (Å²) in [6.45, 7) is 11.5. The number of rotatable bonds is 13. The Morgan fingerprint density at radius 2 is 1.40 bits per heavy atom. The molecule has 0 aliphatic heterocycles. The van der Waals surface area contributed by atoms with E-state index in [0.29, 0.717) is 11.8 Å². The highest BCUT2D eigenvalue weighted by molar-refractivity contribution is 6.09. The lowest BCUT2D eigenvalue weighted by Gasteiger charge is -2.22. The predicted molar refractivity (Wildman–Crippen MR) is 208 cm³/mol. The Morgan fingerprint density at radius 1 is 0.680 bits per heavy atom. The largest absolute Gasteiger partial charge is 0.457 e. The Morgan fingerprint density at radius 3 is 2.16 bits per heavy atom. The Balaban J connectivity index is 1.23. The van der Waals surface area contributed by atoms with Gasteiger partial charge in [-0.3, -0.25) is 4.57 Å². The van der Waals surface area contributed by atoms with E-state index in [9.17, 15) is 0 Å². The highest BCUT2D eigenvalue weighted by atomic mass is 16.5. The van der Waals surface area contributed by atoms with E-state index in [-0.39, 0.29) is 0 Å². The number of ether oxygens (including phenoxy) is 1. The van der Waals surface area contributed by atoms with Gasteiger partial charge >= 0.3 is 0 Å². The van der Waals surface area contributed by atoms with Crippen LogP contribution in [-0.4, -0.2) is 19.3 Å². The second kappa shape index (κ2) is 14.8. The highest BCUT2D eigenvalue weighted by Gasteiger charge is 2.20. The zero-order valence-corrected chi connectivity index (χ0v) is 30.1. The van der Waals surface area contributed by atoms with Crippen molar-refractivity contribution in [1.29, 1.82) is 0 Å². The molecule has 4 aromatic carbocycles. The Hall–Kier alpha value is -5.16. The lowest BCUT2D eigenvalue weighted by Crippen LogP contribution is -2.03. The number of aryl methyl sites for hydroxylation is 1. The van der Waals surface area contributed by atoms with Crippen LogP contribution in [0.1, 0.15) is 95.2 Å². The molecule has 0 N–H and O–H groups in total. The SMILES string of the molecule is CCCc1ccnc(-n2c3ccccc3c3ccc(Oc4cccc(-n5cc(-c6c(C(C)CCC)cccc6[C@H](C)CCC)cn5)c4)cc32)c1. The maximum Gasteiger partial charge on any atom is 0.137 e. The van der Waals surface area contributed by atoms with Gasteiger partial charge < -0.3 is 4.74 Å². The first kappa shape index (κ1) is 33.3. The van der Waals surface area contributed by atoms with E-state index in [4.69, 9.17) is 14.8 Å². The van der Waals surface area contributed by atoms with Gasteiger partial charge in [-0.25, -0.2) is 9.67 Å². The van der Waals surface area contributed by atoms with Crippen LogP contribution in [0.15, 0.2) is 116 Å². The van der Waals surface area contributed by atoms with E-state index in [0.717, 1.165) is 46.9 Å². The molecule has 0 bridgehead atoms. The third-order valence-electron chi connectivity index (χ3n) is 10.0. The summed E-state index contributed by atoms with van der Waals surface area (Å²) < 4.78 is 10.8. The molecular formula is C45H48N4O. The number of pyridine rings is 1. The molecule has 7 aromatic rings. The highest BCUT2D eigenvalue weighted by Crippen LogP contribution is 2.40. The molecule has 254 valence electrons. The van der Waals surface area contributed by atoms with Crippen molar-refractivity contribution in [2.24, 2.45) is 0 Å². The van der Waals surface area contributed by atoms with Gasteiger partial charge in [-0.1, -0.05) is 96.3 Å². The molecular weight excluding hydrogens is 613 g/mol. The van der Waals surface area contributed by atoms with Crippen molar-refractivity contribution in [3.63, 3.8) is 0 Å². The van der Waals surface area contributed by atoms with E-state index in [2.05, 4.69) is 130 Å². The van der Waals surface area contributed by atoms with E-state index >= 15 is 0 Å². The van der Waals surface area contributed by atoms with Gasteiger partial charge in [-0.05, 0) is 95.8 Å². The standard InChI is InChI=1S/C45H48N4O/c1-6-13-31(4)38-19-12-20-39(32(5)14-7-2)45(38)34-29-47-48(30-34)35-16-11-17-36(27-35)50-37-22-23-41-40-18-9-10-21-42(40)49(43(41)28-37)44-26-33(15-8-3)24-25-46-44/h9-12,16-32H,6-8,13-15H2,1-5H3/t31-,32?/m1/s1. The molecule has 1 unspecified atom stereocenters. The lowest BCUT2D eigenvalue weighted by molar-refractivity contribution is 0.483. The molecule has 5 nitrogen and oxygen atoms in total. The van der Waals surface area contributed by atoms with Gasteiger partial charge in [0.2, 0.25) is 0 Å². The minimum Gasteiger partial charge on any atom is -0.457 e. The van der Waals surface area contributed by atoms with Gasteiger partial charge in [-0.15, -0.1) is 0 Å². The van der Waals surface area contributed by atoms with Crippen molar-refractivity contribution < 1.29 is 4.74 Å². The molecule has 0 radical (unpaired) electrons. The summed E-state index contributed by atoms with van der Waals surface area (Å²) in [7, 11) is 0. The molecule has 7 rings (SSSR count). The molecule has 0 fully saturated rings. The molecule has 0 saturated heterocycles. The van der Waals surface area contributed by atoms with Crippen molar-refractivity contribution in [2.75, 3.05) is 0 Å². The first-order valence-corrected chi connectivity index (χ1v) is 18.4. The molecule has 0 amide bonds. The summed E-state index contributed by atoms with van der Waals surface area (Å²) >= 11 is 0. The molecule has 50 heavy (non-hydrogen) atoms. The molecule has 3 heterocycles. The Bertz CT molecular complexity index is 2210. The zero-order valence-electron chi connectivity index (χ0n) is 30.1. The summed E-state index contributed by atoms with van der Waals surface area (Å²) in [6.07, 6.45) is 12.9. The third-order valence-corrected chi connectivity index (χ3v) is 10.0. The van der Waals surface area contributed by atoms with Crippen LogP contribution in [0.5, 0.6) is 11.5 Å². The molecule has 0 aliphatic carbocycles. The van der Waals surface area contributed by atoms with Crippen molar-refractivity contribution in [3.05, 3.63) is 132 Å². The first-order chi connectivity index (χ1) is 24.5. The number of para-hydroxylation sites is 1. The van der Waals surface area contributed by atoms with Crippen LogP contribution < -0.4 is 4.74 Å². The van der Waals surface area contributed by atoms with E-state index in [1.54, 1.807) is 0 Å². The quantitative estimate of drug-likeness (QED) is 0.124. The zero-order chi connectivity index (χ0) is 34.6. The van der Waals surface area contributed by atoms with E-state index in [1.807, 2.05) is 29.2 Å². The van der Waals surface area contributed by atoms with Gasteiger partial charge in [0.25, 0.3) is 0 Å². The second-order valence-electron chi connectivity index (χ2n) is 13.8. The van der Waals surface area contributed by atoms with Crippen LogP contribution in [0, 0.1) is 0 Å². The van der Waals surface area contributed by atoms with Gasteiger partial charge in [-0.2, -0.15) is 5.10 Å². The topological polar surface area (TPSA) is 44.9 Å². The third kappa shape index (κ3) is 6.57. The summed E-state index contributed by atoms with van der Waals surface area (Å²) in [6, 6.07) is 34.3. The predicted octanol–water partition coefficient (Wildman–Crippen LogP) is 12.6. The first-order valence-electron chi connectivity index (χ1n) is 18.4. The fourth-order valence-corrected chi connectivity index (χ4v) is 7.63. The van der Waals surface area contributed by atoms with Gasteiger partial charge in [0.05, 0.1) is 22.9 Å². The maximum absolute atomic E-state index is 6.57. The van der Waals surface area contributed by atoms with E-state index in [1.165, 1.54) is 64.3 Å². The summed E-state index contributed by atoms with van der Waals surface area (Å²) in [5.41, 5.74) is 9.82. The summed E-state index contributed by atoms with van der Waals surface area (Å²) in [5, 5.41) is 7.26. The van der Waals surface area contributed by atoms with Gasteiger partial charge in [0.15, 0.2) is 0 Å². The summed E-state index contributed by atoms with van der Waals surface area (Å²) in [5.74, 6) is 3.43. The number of benzene rings is 4. The molecule has 0 saturated carbocycles. The number of hydrogen-bond acceptors (Lipinski definition) is 3. The van der Waals surface area contributed by atoms with Crippen LogP contribution in [0.3, 0.4) is 0 Å². The number of nitrogens with zero attached hydrogens (tertiary/aromatic N) is 4. The van der Waals surface area contributed by atoms with Crippen molar-refractivity contribution in [1.82, 2.24) is 19.3 Å². The number of fused-ring (bicyclic) bond motifs is 3. The van der Waals surface area contributed by atoms with E-state index < -0.39 is 0 Å². The minimum absolute atomic E-state index is 0.482. The fourth-order valence-electron chi connectivity index (χ4n) is 7.63. The minimum atomic E-state index is 0.482. The maximum atomic E-state index is 6.57. The average Bonchev–Trinajstić information content (AvgIpc) is 3.75. The average molecular weight is 661 g/mol. The number of aromatic nitrogens is 4. The van der Waals surface area contributed by atoms with Crippen molar-refractivity contribution in [2.45, 2.75) is 85.0 Å². The van der Waals surface area contributed by atoms with Crippen molar-refractivity contribution in [3.8, 4) is 34.1 Å². The molecule has 5 heteroatoms. The van der Waals surface area contributed by atoms with Crippen LogP contribution in [0.4, 0.5) is 0 Å².